The van der Waals surface area contributed by atoms with Crippen molar-refractivity contribution in [1.82, 2.24) is 4.57 Å². The smallest absolute Gasteiger partial charge is 0.124 e. The van der Waals surface area contributed by atoms with Crippen molar-refractivity contribution >= 4 is 17.3 Å². The van der Waals surface area contributed by atoms with Gasteiger partial charge in [0.25, 0.3) is 0 Å². The summed E-state index contributed by atoms with van der Waals surface area (Å²) in [5, 5.41) is 3.66. The number of rotatable bonds is 4. The van der Waals surface area contributed by atoms with Crippen LogP contribution < -0.4 is 5.32 Å². The fraction of sp³-hybridized carbons (Fsp3) is 0.333. The second-order valence-corrected chi connectivity index (χ2v) is 5.03. The second-order valence-electron chi connectivity index (χ2n) is 4.62. The van der Waals surface area contributed by atoms with E-state index in [0.717, 1.165) is 12.2 Å². The minimum absolute atomic E-state index is 0.320. The molecule has 1 N–H and O–H groups in total. The van der Waals surface area contributed by atoms with Crippen LogP contribution in [0, 0.1) is 19.7 Å². The second kappa shape index (κ2) is 5.66. The van der Waals surface area contributed by atoms with Crippen LogP contribution in [0.2, 0.25) is 5.02 Å². The van der Waals surface area contributed by atoms with E-state index in [9.17, 15) is 4.39 Å². The number of hydrogen-bond donors (Lipinski definition) is 1. The zero-order valence-corrected chi connectivity index (χ0v) is 12.2. The summed E-state index contributed by atoms with van der Waals surface area (Å²) < 4.78 is 15.2. The lowest BCUT2D eigenvalue weighted by atomic mass is 10.2. The fourth-order valence-electron chi connectivity index (χ4n) is 2.36. The van der Waals surface area contributed by atoms with Gasteiger partial charge in [-0.1, -0.05) is 11.6 Å². The van der Waals surface area contributed by atoms with Crippen molar-refractivity contribution in [3.05, 3.63) is 52.1 Å². The fourth-order valence-corrected chi connectivity index (χ4v) is 2.60. The largest absolute Gasteiger partial charge is 0.380 e. The quantitative estimate of drug-likeness (QED) is 0.871. The van der Waals surface area contributed by atoms with E-state index >= 15 is 0 Å². The summed E-state index contributed by atoms with van der Waals surface area (Å²) >= 11 is 5.99. The summed E-state index contributed by atoms with van der Waals surface area (Å²) in [6.07, 6.45) is 0. The van der Waals surface area contributed by atoms with Gasteiger partial charge in [-0.15, -0.1) is 0 Å². The summed E-state index contributed by atoms with van der Waals surface area (Å²) in [5.41, 5.74) is 4.50. The monoisotopic (exact) mass is 280 g/mol. The Balaban J connectivity index is 2.14. The highest BCUT2D eigenvalue weighted by molar-refractivity contribution is 6.33. The number of anilines is 1. The van der Waals surface area contributed by atoms with Crippen molar-refractivity contribution in [2.75, 3.05) is 5.32 Å². The Kier molecular flexibility index (Phi) is 4.15. The van der Waals surface area contributed by atoms with Crippen LogP contribution >= 0.6 is 11.6 Å². The molecule has 0 atom stereocenters. The van der Waals surface area contributed by atoms with Gasteiger partial charge in [-0.2, -0.15) is 0 Å². The SMILES string of the molecule is CCn1c(C)cc(CNc2ccc(F)cc2Cl)c1C. The van der Waals surface area contributed by atoms with Gasteiger partial charge in [0.05, 0.1) is 10.7 Å². The number of benzene rings is 1. The van der Waals surface area contributed by atoms with Gasteiger partial charge in [0.15, 0.2) is 0 Å². The van der Waals surface area contributed by atoms with E-state index in [1.165, 1.54) is 29.1 Å². The molecule has 0 bridgehead atoms. The topological polar surface area (TPSA) is 17.0 Å². The van der Waals surface area contributed by atoms with Gasteiger partial charge in [-0.25, -0.2) is 4.39 Å². The molecule has 0 aliphatic carbocycles. The first kappa shape index (κ1) is 13.9. The third-order valence-electron chi connectivity index (χ3n) is 3.40. The van der Waals surface area contributed by atoms with Crippen LogP contribution in [0.5, 0.6) is 0 Å². The van der Waals surface area contributed by atoms with E-state index in [-0.39, 0.29) is 5.82 Å². The maximum Gasteiger partial charge on any atom is 0.124 e. The van der Waals surface area contributed by atoms with Crippen LogP contribution in [0.15, 0.2) is 24.3 Å². The zero-order valence-electron chi connectivity index (χ0n) is 11.4. The Morgan fingerprint density at radius 2 is 2.00 bits per heavy atom. The van der Waals surface area contributed by atoms with Crippen molar-refractivity contribution in [1.29, 1.82) is 0 Å². The average Bonchev–Trinajstić information content (AvgIpc) is 2.63. The predicted molar refractivity (Wildman–Crippen MR) is 78.3 cm³/mol. The van der Waals surface area contributed by atoms with Crippen molar-refractivity contribution in [2.45, 2.75) is 33.9 Å². The first-order chi connectivity index (χ1) is 9.02. The molecule has 0 aliphatic rings. The van der Waals surface area contributed by atoms with Crippen LogP contribution in [0.4, 0.5) is 10.1 Å². The van der Waals surface area contributed by atoms with Gasteiger partial charge in [0.1, 0.15) is 5.82 Å². The van der Waals surface area contributed by atoms with E-state index < -0.39 is 0 Å². The molecule has 0 radical (unpaired) electrons. The number of aryl methyl sites for hydroxylation is 1. The number of nitrogens with one attached hydrogen (secondary N) is 1. The molecule has 0 spiro atoms. The molecule has 19 heavy (non-hydrogen) atoms. The van der Waals surface area contributed by atoms with Gasteiger partial charge in [-0.05, 0) is 50.6 Å². The van der Waals surface area contributed by atoms with Crippen molar-refractivity contribution in [2.24, 2.45) is 0 Å². The highest BCUT2D eigenvalue weighted by atomic mass is 35.5. The lowest BCUT2D eigenvalue weighted by Gasteiger charge is -2.09. The van der Waals surface area contributed by atoms with Crippen molar-refractivity contribution < 1.29 is 4.39 Å². The molecule has 2 aromatic rings. The summed E-state index contributed by atoms with van der Waals surface area (Å²) in [6.45, 7) is 8.00. The minimum atomic E-state index is -0.320. The van der Waals surface area contributed by atoms with Gasteiger partial charge < -0.3 is 9.88 Å². The van der Waals surface area contributed by atoms with Crippen LogP contribution in [-0.4, -0.2) is 4.57 Å². The zero-order chi connectivity index (χ0) is 14.0. The van der Waals surface area contributed by atoms with Crippen LogP contribution in [-0.2, 0) is 13.1 Å². The highest BCUT2D eigenvalue weighted by Gasteiger charge is 2.08. The van der Waals surface area contributed by atoms with Gasteiger partial charge in [-0.3, -0.25) is 0 Å². The van der Waals surface area contributed by atoms with E-state index in [1.807, 2.05) is 0 Å². The predicted octanol–water partition coefficient (Wildman–Crippen LogP) is 4.53. The van der Waals surface area contributed by atoms with Gasteiger partial charge >= 0.3 is 0 Å². The third-order valence-corrected chi connectivity index (χ3v) is 3.71. The molecule has 0 fully saturated rings. The van der Waals surface area contributed by atoms with Crippen molar-refractivity contribution in [3.63, 3.8) is 0 Å². The molecule has 2 rings (SSSR count). The number of hydrogen-bond acceptors (Lipinski definition) is 1. The molecule has 2 nitrogen and oxygen atoms in total. The lowest BCUT2D eigenvalue weighted by Crippen LogP contribution is -2.03. The Bertz CT molecular complexity index is 590. The van der Waals surface area contributed by atoms with Crippen LogP contribution in [0.1, 0.15) is 23.9 Å². The van der Waals surface area contributed by atoms with E-state index in [4.69, 9.17) is 11.6 Å². The summed E-state index contributed by atoms with van der Waals surface area (Å²) in [7, 11) is 0. The van der Waals surface area contributed by atoms with Crippen LogP contribution in [0.25, 0.3) is 0 Å². The standard InChI is InChI=1S/C15H18ClFN2/c1-4-19-10(2)7-12(11(19)3)9-18-15-6-5-13(17)8-14(15)16/h5-8,18H,4,9H2,1-3H3. The molecule has 0 saturated carbocycles. The van der Waals surface area contributed by atoms with E-state index in [0.29, 0.717) is 11.6 Å². The molecular weight excluding hydrogens is 263 g/mol. The number of halogens is 2. The highest BCUT2D eigenvalue weighted by Crippen LogP contribution is 2.24. The summed E-state index contributed by atoms with van der Waals surface area (Å²) in [4.78, 5) is 0. The molecule has 1 heterocycles. The molecule has 0 unspecified atom stereocenters. The molecule has 0 amide bonds. The average molecular weight is 281 g/mol. The Morgan fingerprint density at radius 3 is 2.58 bits per heavy atom. The molecular formula is C15H18ClFN2. The first-order valence-electron chi connectivity index (χ1n) is 6.37. The Hall–Kier alpha value is -1.48. The number of aromatic nitrogens is 1. The molecule has 1 aromatic carbocycles. The third kappa shape index (κ3) is 2.92. The van der Waals surface area contributed by atoms with E-state index in [1.54, 1.807) is 6.07 Å². The molecule has 4 heteroatoms. The Labute approximate surface area is 118 Å². The van der Waals surface area contributed by atoms with Gasteiger partial charge in [0, 0.05) is 24.5 Å². The molecule has 102 valence electrons. The van der Waals surface area contributed by atoms with Crippen molar-refractivity contribution in [3.8, 4) is 0 Å². The maximum atomic E-state index is 13.0. The molecule has 1 aromatic heterocycles. The van der Waals surface area contributed by atoms with Gasteiger partial charge in [0.2, 0.25) is 0 Å². The summed E-state index contributed by atoms with van der Waals surface area (Å²) in [6, 6.07) is 6.56. The maximum absolute atomic E-state index is 13.0. The number of nitrogens with zero attached hydrogens (tertiary/aromatic N) is 1. The van der Waals surface area contributed by atoms with E-state index in [2.05, 4.69) is 36.7 Å². The van der Waals surface area contributed by atoms with Crippen LogP contribution in [0.3, 0.4) is 0 Å². The lowest BCUT2D eigenvalue weighted by molar-refractivity contribution is 0.628. The summed E-state index contributed by atoms with van der Waals surface area (Å²) in [5.74, 6) is -0.320. The molecule has 0 saturated heterocycles. The Morgan fingerprint density at radius 1 is 1.26 bits per heavy atom. The minimum Gasteiger partial charge on any atom is -0.380 e. The first-order valence-corrected chi connectivity index (χ1v) is 6.75. The normalized spacial score (nSPS) is 10.8. The molecule has 0 aliphatic heterocycles.